The maximum atomic E-state index is 12.1. The van der Waals surface area contributed by atoms with Gasteiger partial charge < -0.3 is 9.30 Å². The van der Waals surface area contributed by atoms with E-state index in [0.29, 0.717) is 11.2 Å². The zero-order chi connectivity index (χ0) is 18.4. The second kappa shape index (κ2) is 8.94. The van der Waals surface area contributed by atoms with Gasteiger partial charge in [-0.2, -0.15) is 4.99 Å². The van der Waals surface area contributed by atoms with Crippen LogP contribution < -0.4 is 4.80 Å². The third kappa shape index (κ3) is 5.26. The second-order valence-corrected chi connectivity index (χ2v) is 7.57. The number of benzene rings is 1. The number of aryl methyl sites for hydroxylation is 1. The number of hydrogen-bond acceptors (Lipinski definition) is 4. The Morgan fingerprint density at radius 2 is 2.08 bits per heavy atom. The molecule has 0 N–H and O–H groups in total. The largest absolute Gasteiger partial charge is 0.468 e. The summed E-state index contributed by atoms with van der Waals surface area (Å²) in [4.78, 5) is 28.7. The first-order valence-corrected chi connectivity index (χ1v) is 9.52. The molecule has 0 saturated carbocycles. The van der Waals surface area contributed by atoms with E-state index in [1.54, 1.807) is 4.57 Å². The lowest BCUT2D eigenvalue weighted by Crippen LogP contribution is -2.22. The lowest BCUT2D eigenvalue weighted by Gasteiger charge is -2.05. The molecule has 0 atom stereocenters. The predicted octanol–water partition coefficient (Wildman–Crippen LogP) is 3.69. The number of carbonyl (C=O) groups is 2. The molecule has 0 radical (unpaired) electrons. The van der Waals surface area contributed by atoms with Crippen LogP contribution in [0.25, 0.3) is 10.2 Å². The van der Waals surface area contributed by atoms with E-state index in [1.807, 2.05) is 19.9 Å². The Kier molecular flexibility index (Phi) is 6.93. The fourth-order valence-electron chi connectivity index (χ4n) is 2.59. The molecule has 0 aliphatic carbocycles. The molecule has 0 bridgehead atoms. The summed E-state index contributed by atoms with van der Waals surface area (Å²) in [5.41, 5.74) is 2.17. The van der Waals surface area contributed by atoms with Crippen LogP contribution >= 0.6 is 11.3 Å². The van der Waals surface area contributed by atoms with E-state index in [9.17, 15) is 9.59 Å². The first-order valence-electron chi connectivity index (χ1n) is 8.71. The number of ether oxygens (including phenoxy) is 1. The van der Waals surface area contributed by atoms with Gasteiger partial charge in [0.25, 0.3) is 0 Å². The van der Waals surface area contributed by atoms with Crippen molar-refractivity contribution in [3.05, 3.63) is 28.6 Å². The number of amides is 1. The summed E-state index contributed by atoms with van der Waals surface area (Å²) < 4.78 is 7.60. The van der Waals surface area contributed by atoms with E-state index in [1.165, 1.54) is 24.0 Å². The summed E-state index contributed by atoms with van der Waals surface area (Å²) in [5, 5.41) is 0. The van der Waals surface area contributed by atoms with E-state index in [0.717, 1.165) is 29.5 Å². The molecular formula is C19H26N2O3S. The van der Waals surface area contributed by atoms with Gasteiger partial charge in [0.05, 0.1) is 17.3 Å². The Labute approximate surface area is 152 Å². The van der Waals surface area contributed by atoms with Crippen LogP contribution in [0.4, 0.5) is 0 Å². The number of unbranched alkanes of at least 4 members (excludes halogenated alkanes) is 1. The second-order valence-electron chi connectivity index (χ2n) is 6.56. The van der Waals surface area contributed by atoms with Gasteiger partial charge in [0.2, 0.25) is 5.91 Å². The molecule has 0 unspecified atom stereocenters. The Morgan fingerprint density at radius 3 is 2.72 bits per heavy atom. The molecule has 0 aliphatic heterocycles. The summed E-state index contributed by atoms with van der Waals surface area (Å²) in [7, 11) is 1.36. The number of aromatic nitrogens is 1. The first kappa shape index (κ1) is 19.4. The fraction of sp³-hybridized carbons (Fsp3) is 0.526. The van der Waals surface area contributed by atoms with Crippen molar-refractivity contribution in [2.75, 3.05) is 7.11 Å². The number of thiazole rings is 1. The molecule has 1 aromatic carbocycles. The van der Waals surface area contributed by atoms with E-state index >= 15 is 0 Å². The van der Waals surface area contributed by atoms with Gasteiger partial charge in [0.1, 0.15) is 6.54 Å². The van der Waals surface area contributed by atoms with Crippen molar-refractivity contribution in [3.63, 3.8) is 0 Å². The monoisotopic (exact) mass is 362 g/mol. The van der Waals surface area contributed by atoms with Crippen LogP contribution in [-0.4, -0.2) is 23.6 Å². The van der Waals surface area contributed by atoms with Crippen molar-refractivity contribution < 1.29 is 14.3 Å². The molecule has 0 spiro atoms. The molecule has 1 amide bonds. The highest BCUT2D eigenvalue weighted by Crippen LogP contribution is 2.20. The minimum Gasteiger partial charge on any atom is -0.468 e. The molecule has 25 heavy (non-hydrogen) atoms. The smallest absolute Gasteiger partial charge is 0.325 e. The maximum absolute atomic E-state index is 12.1. The van der Waals surface area contributed by atoms with Crippen molar-refractivity contribution >= 4 is 33.4 Å². The zero-order valence-corrected chi connectivity index (χ0v) is 16.2. The number of fused-ring (bicyclic) bond motifs is 1. The van der Waals surface area contributed by atoms with E-state index in [-0.39, 0.29) is 24.3 Å². The molecule has 2 aromatic rings. The summed E-state index contributed by atoms with van der Waals surface area (Å²) in [6.45, 7) is 6.20. The number of hydrogen-bond donors (Lipinski definition) is 0. The van der Waals surface area contributed by atoms with Crippen molar-refractivity contribution in [1.29, 1.82) is 0 Å². The van der Waals surface area contributed by atoms with Gasteiger partial charge in [0.15, 0.2) is 4.80 Å². The molecule has 5 nitrogen and oxygen atoms in total. The highest BCUT2D eigenvalue weighted by atomic mass is 32.1. The standard InChI is InChI=1S/C19H26N2O3S/c1-5-6-7-14-8-9-15-16(11-14)25-19(20-17(22)10-13(2)3)21(15)12-18(23)24-4/h8-9,11,13H,5-7,10,12H2,1-4H3. The van der Waals surface area contributed by atoms with Crippen molar-refractivity contribution in [3.8, 4) is 0 Å². The van der Waals surface area contributed by atoms with Crippen LogP contribution in [0.5, 0.6) is 0 Å². The molecule has 0 aliphatic rings. The van der Waals surface area contributed by atoms with Crippen molar-refractivity contribution in [1.82, 2.24) is 4.57 Å². The van der Waals surface area contributed by atoms with Crippen LogP contribution in [0, 0.1) is 5.92 Å². The lowest BCUT2D eigenvalue weighted by atomic mass is 10.1. The molecule has 0 saturated heterocycles. The number of esters is 1. The summed E-state index contributed by atoms with van der Waals surface area (Å²) in [5.74, 6) is -0.265. The molecule has 0 fully saturated rings. The first-order chi connectivity index (χ1) is 11.9. The Balaban J connectivity index is 2.49. The molecule has 1 heterocycles. The average Bonchev–Trinajstić information content (AvgIpc) is 2.88. The van der Waals surface area contributed by atoms with Crippen LogP contribution in [0.3, 0.4) is 0 Å². The number of carbonyl (C=O) groups excluding carboxylic acids is 2. The average molecular weight is 362 g/mol. The molecule has 2 rings (SSSR count). The zero-order valence-electron chi connectivity index (χ0n) is 15.4. The van der Waals surface area contributed by atoms with Gasteiger partial charge in [-0.25, -0.2) is 0 Å². The van der Waals surface area contributed by atoms with Gasteiger partial charge in [-0.1, -0.05) is 44.6 Å². The normalized spacial score (nSPS) is 12.1. The SMILES string of the molecule is CCCCc1ccc2c(c1)sc(=NC(=O)CC(C)C)n2CC(=O)OC. The fourth-order valence-corrected chi connectivity index (χ4v) is 3.70. The summed E-state index contributed by atoms with van der Waals surface area (Å²) in [6.07, 6.45) is 3.71. The topological polar surface area (TPSA) is 60.7 Å². The van der Waals surface area contributed by atoms with Crippen LogP contribution in [0.15, 0.2) is 23.2 Å². The van der Waals surface area contributed by atoms with Crippen LogP contribution in [0.2, 0.25) is 0 Å². The quantitative estimate of drug-likeness (QED) is 0.706. The Bertz CT molecular complexity index is 818. The molecule has 1 aromatic heterocycles. The van der Waals surface area contributed by atoms with Crippen molar-refractivity contribution in [2.45, 2.75) is 53.0 Å². The van der Waals surface area contributed by atoms with Gasteiger partial charge in [0, 0.05) is 6.42 Å². The Morgan fingerprint density at radius 1 is 1.32 bits per heavy atom. The Hall–Kier alpha value is -1.95. The van der Waals surface area contributed by atoms with E-state index < -0.39 is 0 Å². The van der Waals surface area contributed by atoms with Gasteiger partial charge in [-0.3, -0.25) is 9.59 Å². The summed E-state index contributed by atoms with van der Waals surface area (Å²) >= 11 is 1.45. The van der Waals surface area contributed by atoms with E-state index in [4.69, 9.17) is 4.74 Å². The third-order valence-electron chi connectivity index (χ3n) is 3.88. The van der Waals surface area contributed by atoms with E-state index in [2.05, 4.69) is 24.0 Å². The highest BCUT2D eigenvalue weighted by molar-refractivity contribution is 7.16. The minimum atomic E-state index is -0.354. The maximum Gasteiger partial charge on any atom is 0.325 e. The molecule has 136 valence electrons. The predicted molar refractivity (Wildman–Crippen MR) is 100 cm³/mol. The molecule has 6 heteroatoms. The molecular weight excluding hydrogens is 336 g/mol. The lowest BCUT2D eigenvalue weighted by molar-refractivity contribution is -0.141. The summed E-state index contributed by atoms with van der Waals surface area (Å²) in [6, 6.07) is 6.22. The van der Waals surface area contributed by atoms with Gasteiger partial charge in [-0.15, -0.1) is 0 Å². The minimum absolute atomic E-state index is 0.0542. The number of nitrogens with zero attached hydrogens (tertiary/aromatic N) is 2. The van der Waals surface area contributed by atoms with Gasteiger partial charge >= 0.3 is 5.97 Å². The van der Waals surface area contributed by atoms with Crippen LogP contribution in [0.1, 0.15) is 45.6 Å². The highest BCUT2D eigenvalue weighted by Gasteiger charge is 2.13. The van der Waals surface area contributed by atoms with Crippen LogP contribution in [-0.2, 0) is 27.3 Å². The van der Waals surface area contributed by atoms with Crippen molar-refractivity contribution in [2.24, 2.45) is 10.9 Å². The number of rotatable bonds is 7. The third-order valence-corrected chi connectivity index (χ3v) is 4.93. The number of methoxy groups -OCH3 is 1. The van der Waals surface area contributed by atoms with Gasteiger partial charge in [-0.05, 0) is 36.5 Å².